The van der Waals surface area contributed by atoms with Crippen molar-refractivity contribution in [3.8, 4) is 0 Å². The third-order valence-electron chi connectivity index (χ3n) is 3.63. The third kappa shape index (κ3) is 3.62. The minimum atomic E-state index is -0.141. The number of carbonyl (C=O) groups is 2. The fourth-order valence-corrected chi connectivity index (χ4v) is 2.37. The average molecular weight is 287 g/mol. The van der Waals surface area contributed by atoms with Crippen LogP contribution in [-0.4, -0.2) is 41.8 Å². The van der Waals surface area contributed by atoms with Crippen LogP contribution < -0.4 is 5.32 Å². The maximum atomic E-state index is 12.2. The third-order valence-corrected chi connectivity index (χ3v) is 3.63. The van der Waals surface area contributed by atoms with Gasteiger partial charge in [0.15, 0.2) is 0 Å². The van der Waals surface area contributed by atoms with E-state index < -0.39 is 0 Å². The first-order chi connectivity index (χ1) is 10.2. The van der Waals surface area contributed by atoms with Gasteiger partial charge in [0, 0.05) is 37.1 Å². The average Bonchev–Trinajstić information content (AvgIpc) is 2.93. The van der Waals surface area contributed by atoms with Crippen molar-refractivity contribution < 1.29 is 9.59 Å². The summed E-state index contributed by atoms with van der Waals surface area (Å²) in [6.07, 6.45) is 3.03. The highest BCUT2D eigenvalue weighted by atomic mass is 16.2. The summed E-state index contributed by atoms with van der Waals surface area (Å²) >= 11 is 0. The van der Waals surface area contributed by atoms with Gasteiger partial charge >= 0.3 is 0 Å². The van der Waals surface area contributed by atoms with E-state index in [1.807, 2.05) is 37.4 Å². The highest BCUT2D eigenvalue weighted by molar-refractivity contribution is 5.86. The predicted octanol–water partition coefficient (Wildman–Crippen LogP) is 1.69. The topological polar surface area (TPSA) is 65.2 Å². The van der Waals surface area contributed by atoms with E-state index in [1.165, 1.54) is 0 Å². The van der Waals surface area contributed by atoms with E-state index in [2.05, 4.69) is 10.3 Å². The number of rotatable bonds is 6. The Bertz CT molecular complexity index is 633. The molecule has 5 nitrogen and oxygen atoms in total. The highest BCUT2D eigenvalue weighted by Crippen LogP contribution is 2.19. The molecule has 2 N–H and O–H groups in total. The second kappa shape index (κ2) is 6.92. The number of carbonyl (C=O) groups excluding carboxylic acids is 2. The van der Waals surface area contributed by atoms with Gasteiger partial charge in [-0.25, -0.2) is 0 Å². The molecule has 0 unspecified atom stereocenters. The van der Waals surface area contributed by atoms with Crippen molar-refractivity contribution >= 4 is 22.7 Å². The molecule has 0 atom stereocenters. The Labute approximate surface area is 124 Å². The monoisotopic (exact) mass is 287 g/mol. The van der Waals surface area contributed by atoms with E-state index in [4.69, 9.17) is 0 Å². The zero-order valence-corrected chi connectivity index (χ0v) is 12.5. The van der Waals surface area contributed by atoms with E-state index in [0.717, 1.165) is 16.5 Å². The van der Waals surface area contributed by atoms with E-state index in [1.54, 1.807) is 11.9 Å². The lowest BCUT2D eigenvalue weighted by Gasteiger charge is -2.19. The molecule has 21 heavy (non-hydrogen) atoms. The molecular formula is C16H21N3O2. The van der Waals surface area contributed by atoms with Crippen molar-refractivity contribution in [2.24, 2.45) is 0 Å². The molecule has 0 spiro atoms. The molecule has 5 heteroatoms. The van der Waals surface area contributed by atoms with Crippen molar-refractivity contribution in [2.75, 3.05) is 20.1 Å². The van der Waals surface area contributed by atoms with E-state index >= 15 is 0 Å². The molecule has 0 fully saturated rings. The van der Waals surface area contributed by atoms with E-state index in [-0.39, 0.29) is 18.4 Å². The number of benzene rings is 1. The Hall–Kier alpha value is -2.30. The van der Waals surface area contributed by atoms with Crippen LogP contribution in [0.1, 0.15) is 18.9 Å². The number of aromatic amines is 1. The van der Waals surface area contributed by atoms with Crippen molar-refractivity contribution in [3.63, 3.8) is 0 Å². The van der Waals surface area contributed by atoms with Crippen LogP contribution in [-0.2, 0) is 16.0 Å². The number of nitrogens with zero attached hydrogens (tertiary/aromatic N) is 1. The Morgan fingerprint density at radius 2 is 2.05 bits per heavy atom. The number of likely N-dealkylation sites (N-methyl/N-ethyl adjacent to an activating group) is 2. The largest absolute Gasteiger partial charge is 0.361 e. The van der Waals surface area contributed by atoms with Crippen molar-refractivity contribution in [3.05, 3.63) is 36.0 Å². The SMILES string of the molecule is CCN(CC(=O)NC)C(=O)CCc1c[nH]c2ccccc12. The molecule has 2 amide bonds. The number of nitrogens with one attached hydrogen (secondary N) is 2. The lowest BCUT2D eigenvalue weighted by molar-refractivity contribution is -0.135. The van der Waals surface area contributed by atoms with Crippen LogP contribution in [0.5, 0.6) is 0 Å². The Morgan fingerprint density at radius 3 is 2.76 bits per heavy atom. The number of aromatic nitrogens is 1. The van der Waals surface area contributed by atoms with Gasteiger partial charge in [-0.15, -0.1) is 0 Å². The molecule has 0 aliphatic heterocycles. The van der Waals surface area contributed by atoms with Gasteiger partial charge in [0.1, 0.15) is 0 Å². The second-order valence-corrected chi connectivity index (χ2v) is 4.94. The first-order valence-corrected chi connectivity index (χ1v) is 7.19. The quantitative estimate of drug-likeness (QED) is 0.849. The number of amides is 2. The van der Waals surface area contributed by atoms with Crippen LogP contribution in [0.4, 0.5) is 0 Å². The van der Waals surface area contributed by atoms with Gasteiger partial charge in [-0.3, -0.25) is 9.59 Å². The molecular weight excluding hydrogens is 266 g/mol. The van der Waals surface area contributed by atoms with Crippen LogP contribution in [0.2, 0.25) is 0 Å². The summed E-state index contributed by atoms with van der Waals surface area (Å²) in [5.41, 5.74) is 2.22. The van der Waals surface area contributed by atoms with E-state index in [9.17, 15) is 9.59 Å². The van der Waals surface area contributed by atoms with Crippen LogP contribution in [0.15, 0.2) is 30.5 Å². The fourth-order valence-electron chi connectivity index (χ4n) is 2.37. The molecule has 0 radical (unpaired) electrons. The number of aryl methyl sites for hydroxylation is 1. The van der Waals surface area contributed by atoms with Gasteiger partial charge in [-0.2, -0.15) is 0 Å². The number of hydrogen-bond donors (Lipinski definition) is 2. The van der Waals surface area contributed by atoms with Gasteiger partial charge in [0.05, 0.1) is 6.54 Å². The van der Waals surface area contributed by atoms with E-state index in [0.29, 0.717) is 19.4 Å². The maximum absolute atomic E-state index is 12.2. The smallest absolute Gasteiger partial charge is 0.239 e. The second-order valence-electron chi connectivity index (χ2n) is 4.94. The minimum absolute atomic E-state index is 0.00591. The minimum Gasteiger partial charge on any atom is -0.361 e. The van der Waals surface area contributed by atoms with Gasteiger partial charge < -0.3 is 15.2 Å². The zero-order valence-electron chi connectivity index (χ0n) is 12.5. The fraction of sp³-hybridized carbons (Fsp3) is 0.375. The molecule has 0 bridgehead atoms. The zero-order chi connectivity index (χ0) is 15.2. The molecule has 2 aromatic rings. The molecule has 1 aromatic heterocycles. The molecule has 112 valence electrons. The summed E-state index contributed by atoms with van der Waals surface area (Å²) < 4.78 is 0. The van der Waals surface area contributed by atoms with Gasteiger partial charge in [-0.1, -0.05) is 18.2 Å². The summed E-state index contributed by atoms with van der Waals surface area (Å²) in [7, 11) is 1.58. The van der Waals surface area contributed by atoms with Crippen molar-refractivity contribution in [2.45, 2.75) is 19.8 Å². The molecule has 2 rings (SSSR count). The highest BCUT2D eigenvalue weighted by Gasteiger charge is 2.15. The van der Waals surface area contributed by atoms with Gasteiger partial charge in [-0.05, 0) is 25.0 Å². The summed E-state index contributed by atoms with van der Waals surface area (Å²) in [5.74, 6) is -0.135. The molecule has 0 aliphatic carbocycles. The normalized spacial score (nSPS) is 10.6. The Morgan fingerprint density at radius 1 is 1.29 bits per heavy atom. The van der Waals surface area contributed by atoms with Crippen LogP contribution in [0, 0.1) is 0 Å². The molecule has 1 aromatic carbocycles. The summed E-state index contributed by atoms with van der Waals surface area (Å²) in [6, 6.07) is 8.04. The number of H-pyrrole nitrogens is 1. The van der Waals surface area contributed by atoms with Gasteiger partial charge in [0.2, 0.25) is 11.8 Å². The number of fused-ring (bicyclic) bond motifs is 1. The predicted molar refractivity (Wildman–Crippen MR) is 82.9 cm³/mol. The Kier molecular flexibility index (Phi) is 4.98. The first-order valence-electron chi connectivity index (χ1n) is 7.19. The molecule has 0 saturated carbocycles. The summed E-state index contributed by atoms with van der Waals surface area (Å²) in [5, 5.41) is 3.69. The summed E-state index contributed by atoms with van der Waals surface area (Å²) in [6.45, 7) is 2.55. The maximum Gasteiger partial charge on any atom is 0.239 e. The van der Waals surface area contributed by atoms with Crippen LogP contribution in [0.3, 0.4) is 0 Å². The van der Waals surface area contributed by atoms with Crippen molar-refractivity contribution in [1.29, 1.82) is 0 Å². The first kappa shape index (κ1) is 15.1. The lowest BCUT2D eigenvalue weighted by atomic mass is 10.1. The molecule has 0 aliphatic rings. The van der Waals surface area contributed by atoms with Gasteiger partial charge in [0.25, 0.3) is 0 Å². The molecule has 0 saturated heterocycles. The number of para-hydroxylation sites is 1. The van der Waals surface area contributed by atoms with Crippen LogP contribution in [0.25, 0.3) is 10.9 Å². The summed E-state index contributed by atoms with van der Waals surface area (Å²) in [4.78, 5) is 28.4. The lowest BCUT2D eigenvalue weighted by Crippen LogP contribution is -2.39. The van der Waals surface area contributed by atoms with Crippen molar-refractivity contribution in [1.82, 2.24) is 15.2 Å². The molecule has 1 heterocycles. The van der Waals surface area contributed by atoms with Crippen LogP contribution >= 0.6 is 0 Å². The standard InChI is InChI=1S/C16H21N3O2/c1-3-19(11-15(20)17-2)16(21)9-8-12-10-18-14-7-5-4-6-13(12)14/h4-7,10,18H,3,8-9,11H2,1-2H3,(H,17,20). The number of hydrogen-bond acceptors (Lipinski definition) is 2. The Balaban J connectivity index is 1.98.